The van der Waals surface area contributed by atoms with Crippen LogP contribution in [0.3, 0.4) is 0 Å². The summed E-state index contributed by atoms with van der Waals surface area (Å²) in [4.78, 5) is 23.7. The second-order valence-corrected chi connectivity index (χ2v) is 7.58. The van der Waals surface area contributed by atoms with Crippen LogP contribution in [0.2, 0.25) is 0 Å². The standard InChI is InChI=1S/C17H17NO7S/c1-11-8-15(17(20)24-11)25-16(19)12-4-2-6-14(9-12)26(21,22)18-10-13-5-3-7-23-13/h2-7,9,11,15,18H,8,10H2,1H3/t11-,15+/m0/s1. The van der Waals surface area contributed by atoms with Crippen LogP contribution in [0.25, 0.3) is 0 Å². The number of carbonyl (C=O) groups excluding carboxylic acids is 2. The van der Waals surface area contributed by atoms with Crippen LogP contribution in [0.5, 0.6) is 0 Å². The van der Waals surface area contributed by atoms with Gasteiger partial charge >= 0.3 is 11.9 Å². The maximum absolute atomic E-state index is 12.4. The van der Waals surface area contributed by atoms with Crippen molar-refractivity contribution in [3.05, 3.63) is 54.0 Å². The minimum absolute atomic E-state index is 0.0180. The van der Waals surface area contributed by atoms with Gasteiger partial charge in [0.05, 0.1) is 23.3 Å². The summed E-state index contributed by atoms with van der Waals surface area (Å²) in [7, 11) is -3.85. The summed E-state index contributed by atoms with van der Waals surface area (Å²) in [6.45, 7) is 1.68. The highest BCUT2D eigenvalue weighted by Gasteiger charge is 2.35. The van der Waals surface area contributed by atoms with Crippen LogP contribution in [-0.2, 0) is 30.8 Å². The Morgan fingerprint density at radius 1 is 1.31 bits per heavy atom. The van der Waals surface area contributed by atoms with Crippen molar-refractivity contribution in [1.29, 1.82) is 0 Å². The van der Waals surface area contributed by atoms with Gasteiger partial charge in [-0.3, -0.25) is 0 Å². The number of esters is 2. The van der Waals surface area contributed by atoms with Gasteiger partial charge in [-0.1, -0.05) is 6.07 Å². The van der Waals surface area contributed by atoms with E-state index in [0.717, 1.165) is 0 Å². The first-order valence-electron chi connectivity index (χ1n) is 7.89. The molecule has 0 spiro atoms. The van der Waals surface area contributed by atoms with Gasteiger partial charge in [0.15, 0.2) is 0 Å². The van der Waals surface area contributed by atoms with Crippen molar-refractivity contribution in [2.75, 3.05) is 0 Å². The number of nitrogens with one attached hydrogen (secondary N) is 1. The first-order chi connectivity index (χ1) is 12.3. The molecule has 1 aromatic heterocycles. The van der Waals surface area contributed by atoms with Crippen molar-refractivity contribution < 1.29 is 31.9 Å². The summed E-state index contributed by atoms with van der Waals surface area (Å²) < 4.78 is 42.2. The van der Waals surface area contributed by atoms with E-state index in [4.69, 9.17) is 13.9 Å². The van der Waals surface area contributed by atoms with E-state index in [2.05, 4.69) is 4.72 Å². The summed E-state index contributed by atoms with van der Waals surface area (Å²) in [5, 5.41) is 0. The summed E-state index contributed by atoms with van der Waals surface area (Å²) in [6, 6.07) is 8.67. The quantitative estimate of drug-likeness (QED) is 0.759. The number of hydrogen-bond acceptors (Lipinski definition) is 7. The third-order valence-corrected chi connectivity index (χ3v) is 5.17. The highest BCUT2D eigenvalue weighted by Crippen LogP contribution is 2.20. The molecule has 1 aliphatic heterocycles. The Morgan fingerprint density at radius 3 is 2.77 bits per heavy atom. The maximum Gasteiger partial charge on any atom is 0.347 e. The van der Waals surface area contributed by atoms with Crippen LogP contribution in [0, 0.1) is 0 Å². The van der Waals surface area contributed by atoms with Gasteiger partial charge in [0.25, 0.3) is 0 Å². The Balaban J connectivity index is 1.70. The molecular weight excluding hydrogens is 362 g/mol. The molecule has 26 heavy (non-hydrogen) atoms. The SMILES string of the molecule is C[C@H]1C[C@@H](OC(=O)c2cccc(S(=O)(=O)NCc3ccco3)c2)C(=O)O1. The normalized spacial score (nSPS) is 20.0. The molecule has 8 nitrogen and oxygen atoms in total. The van der Waals surface area contributed by atoms with E-state index in [-0.39, 0.29) is 29.5 Å². The molecule has 0 amide bonds. The highest BCUT2D eigenvalue weighted by molar-refractivity contribution is 7.89. The average molecular weight is 379 g/mol. The van der Waals surface area contributed by atoms with Crippen molar-refractivity contribution in [2.24, 2.45) is 0 Å². The van der Waals surface area contributed by atoms with Gasteiger partial charge in [0.1, 0.15) is 11.9 Å². The third-order valence-electron chi connectivity index (χ3n) is 3.77. The van der Waals surface area contributed by atoms with E-state index in [0.29, 0.717) is 5.76 Å². The Labute approximate surface area is 150 Å². The van der Waals surface area contributed by atoms with Gasteiger partial charge in [-0.2, -0.15) is 0 Å². The van der Waals surface area contributed by atoms with Crippen LogP contribution in [0.15, 0.2) is 52.0 Å². The lowest BCUT2D eigenvalue weighted by Gasteiger charge is -2.10. The largest absolute Gasteiger partial charge is 0.468 e. The molecule has 0 radical (unpaired) electrons. The van der Waals surface area contributed by atoms with Gasteiger partial charge in [-0.15, -0.1) is 0 Å². The van der Waals surface area contributed by atoms with E-state index in [1.165, 1.54) is 30.5 Å². The van der Waals surface area contributed by atoms with Gasteiger partial charge in [0, 0.05) is 6.42 Å². The summed E-state index contributed by atoms with van der Waals surface area (Å²) >= 11 is 0. The van der Waals surface area contributed by atoms with E-state index in [1.54, 1.807) is 19.1 Å². The Morgan fingerprint density at radius 2 is 2.12 bits per heavy atom. The van der Waals surface area contributed by atoms with Crippen molar-refractivity contribution in [1.82, 2.24) is 4.72 Å². The average Bonchev–Trinajstić information content (AvgIpc) is 3.23. The van der Waals surface area contributed by atoms with E-state index in [9.17, 15) is 18.0 Å². The second-order valence-electron chi connectivity index (χ2n) is 5.81. The zero-order valence-corrected chi connectivity index (χ0v) is 14.7. The molecule has 1 aromatic carbocycles. The molecule has 1 N–H and O–H groups in total. The molecule has 138 valence electrons. The molecule has 1 aliphatic rings. The summed E-state index contributed by atoms with van der Waals surface area (Å²) in [6.07, 6.45) is 0.412. The molecule has 0 aliphatic carbocycles. The van der Waals surface area contributed by atoms with Crippen LogP contribution < -0.4 is 4.72 Å². The molecule has 1 fully saturated rings. The van der Waals surface area contributed by atoms with Gasteiger partial charge in [-0.25, -0.2) is 22.7 Å². The lowest BCUT2D eigenvalue weighted by atomic mass is 10.2. The minimum atomic E-state index is -3.85. The predicted octanol–water partition coefficient (Wildman–Crippen LogP) is 1.62. The Kier molecular flexibility index (Phi) is 5.10. The van der Waals surface area contributed by atoms with Crippen molar-refractivity contribution in [3.8, 4) is 0 Å². The number of furan rings is 1. The molecule has 1 saturated heterocycles. The van der Waals surface area contributed by atoms with Crippen molar-refractivity contribution in [3.63, 3.8) is 0 Å². The summed E-state index contributed by atoms with van der Waals surface area (Å²) in [5.74, 6) is -0.933. The number of ether oxygens (including phenoxy) is 2. The number of sulfonamides is 1. The van der Waals surface area contributed by atoms with Crippen LogP contribution in [0.4, 0.5) is 0 Å². The minimum Gasteiger partial charge on any atom is -0.468 e. The number of carbonyl (C=O) groups is 2. The molecular formula is C17H17NO7S. The number of benzene rings is 1. The van der Waals surface area contributed by atoms with Gasteiger partial charge in [0.2, 0.25) is 16.1 Å². The molecule has 0 bridgehead atoms. The third kappa shape index (κ3) is 4.12. The molecule has 2 heterocycles. The van der Waals surface area contributed by atoms with Crippen molar-refractivity contribution in [2.45, 2.75) is 37.0 Å². The van der Waals surface area contributed by atoms with Crippen LogP contribution in [-0.4, -0.2) is 32.6 Å². The van der Waals surface area contributed by atoms with E-state index < -0.39 is 28.1 Å². The fourth-order valence-electron chi connectivity index (χ4n) is 2.47. The topological polar surface area (TPSA) is 112 Å². The van der Waals surface area contributed by atoms with Crippen LogP contribution in [0.1, 0.15) is 29.5 Å². The highest BCUT2D eigenvalue weighted by atomic mass is 32.2. The van der Waals surface area contributed by atoms with Gasteiger partial charge in [-0.05, 0) is 37.3 Å². The zero-order valence-electron chi connectivity index (χ0n) is 13.9. The Bertz CT molecular complexity index is 905. The maximum atomic E-state index is 12.4. The molecule has 2 aromatic rings. The molecule has 2 atom stereocenters. The van der Waals surface area contributed by atoms with Crippen LogP contribution >= 0.6 is 0 Å². The molecule has 0 saturated carbocycles. The number of rotatable bonds is 6. The predicted molar refractivity (Wildman–Crippen MR) is 88.6 cm³/mol. The second kappa shape index (κ2) is 7.30. The fraction of sp³-hybridized carbons (Fsp3) is 0.294. The number of hydrogen-bond donors (Lipinski definition) is 1. The first-order valence-corrected chi connectivity index (χ1v) is 9.37. The smallest absolute Gasteiger partial charge is 0.347 e. The van der Waals surface area contributed by atoms with Crippen molar-refractivity contribution >= 4 is 22.0 Å². The lowest BCUT2D eigenvalue weighted by Crippen LogP contribution is -2.24. The van der Waals surface area contributed by atoms with E-state index in [1.807, 2.05) is 0 Å². The Hall–Kier alpha value is -2.65. The first kappa shape index (κ1) is 18.2. The van der Waals surface area contributed by atoms with Gasteiger partial charge < -0.3 is 13.9 Å². The zero-order chi connectivity index (χ0) is 18.7. The molecule has 3 rings (SSSR count). The summed E-state index contributed by atoms with van der Waals surface area (Å²) in [5.41, 5.74) is 0.0261. The monoisotopic (exact) mass is 379 g/mol. The lowest BCUT2D eigenvalue weighted by molar-refractivity contribution is -0.147. The number of cyclic esters (lactones) is 1. The van der Waals surface area contributed by atoms with E-state index >= 15 is 0 Å². The molecule has 0 unspecified atom stereocenters. The molecule has 9 heteroatoms. The fourth-order valence-corrected chi connectivity index (χ4v) is 3.51.